The highest BCUT2D eigenvalue weighted by atomic mass is 35.5. The molecule has 2 aliphatic heterocycles. The van der Waals surface area contributed by atoms with Crippen molar-refractivity contribution < 1.29 is 19.4 Å². The molecule has 0 aliphatic carbocycles. The van der Waals surface area contributed by atoms with Gasteiger partial charge in [0.25, 0.3) is 5.91 Å². The van der Waals surface area contributed by atoms with Crippen molar-refractivity contribution in [1.82, 2.24) is 19.8 Å². The summed E-state index contributed by atoms with van der Waals surface area (Å²) in [5, 5.41) is 14.6. The van der Waals surface area contributed by atoms with Gasteiger partial charge in [-0.15, -0.1) is 24.8 Å². The molecular formula is C27H33Cl4N5O4. The molecule has 40 heavy (non-hydrogen) atoms. The fourth-order valence-electron chi connectivity index (χ4n) is 4.97. The zero-order valence-electron chi connectivity index (χ0n) is 22.2. The first-order valence-corrected chi connectivity index (χ1v) is 13.4. The minimum Gasteiger partial charge on any atom is -0.486 e. The van der Waals surface area contributed by atoms with Crippen molar-refractivity contribution >= 4 is 59.6 Å². The van der Waals surface area contributed by atoms with Crippen molar-refractivity contribution in [3.05, 3.63) is 63.7 Å². The highest BCUT2D eigenvalue weighted by molar-refractivity contribution is 6.43. The number of β-amino-alcohol motifs (C(OH)–C–C–N with tert-alkyl or cyclic N) is 1. The second-order valence-corrected chi connectivity index (χ2v) is 10.3. The van der Waals surface area contributed by atoms with Crippen LogP contribution in [0.5, 0.6) is 11.5 Å². The van der Waals surface area contributed by atoms with E-state index >= 15 is 0 Å². The van der Waals surface area contributed by atoms with Gasteiger partial charge < -0.3 is 29.4 Å². The van der Waals surface area contributed by atoms with E-state index in [9.17, 15) is 9.90 Å². The van der Waals surface area contributed by atoms with Gasteiger partial charge in [-0.3, -0.25) is 9.69 Å². The van der Waals surface area contributed by atoms with E-state index in [4.69, 9.17) is 32.7 Å². The molecule has 1 saturated heterocycles. The Hall–Kier alpha value is -2.40. The molecule has 13 heteroatoms. The smallest absolute Gasteiger partial charge is 0.271 e. The fourth-order valence-corrected chi connectivity index (χ4v) is 5.39. The zero-order chi connectivity index (χ0) is 26.8. The number of benzene rings is 2. The molecular weight excluding hydrogens is 600 g/mol. The topological polar surface area (TPSA) is 92.1 Å². The van der Waals surface area contributed by atoms with E-state index in [0.29, 0.717) is 58.5 Å². The number of carbonyl (C=O) groups is 1. The average molecular weight is 633 g/mol. The third-order valence-corrected chi connectivity index (χ3v) is 7.69. The van der Waals surface area contributed by atoms with E-state index in [-0.39, 0.29) is 37.3 Å². The van der Waals surface area contributed by atoms with Crippen molar-refractivity contribution in [3.8, 4) is 17.2 Å². The van der Waals surface area contributed by atoms with Crippen LogP contribution in [0.1, 0.15) is 22.0 Å². The van der Waals surface area contributed by atoms with Gasteiger partial charge in [-0.2, -0.15) is 0 Å². The Kier molecular flexibility index (Phi) is 11.2. The Labute approximate surface area is 256 Å². The number of hydrogen-bond donors (Lipinski definition) is 2. The number of aliphatic hydroxyl groups is 1. The van der Waals surface area contributed by atoms with Crippen LogP contribution in [0.4, 0.5) is 5.69 Å². The molecule has 1 amide bonds. The summed E-state index contributed by atoms with van der Waals surface area (Å²) >= 11 is 12.5. The quantitative estimate of drug-likeness (QED) is 0.401. The van der Waals surface area contributed by atoms with Crippen LogP contribution in [0.3, 0.4) is 0 Å². The van der Waals surface area contributed by atoms with Gasteiger partial charge in [0.2, 0.25) is 0 Å². The monoisotopic (exact) mass is 631 g/mol. The number of hydrogen-bond acceptors (Lipinski definition) is 7. The van der Waals surface area contributed by atoms with E-state index in [1.807, 2.05) is 48.7 Å². The Morgan fingerprint density at radius 1 is 1.05 bits per heavy atom. The van der Waals surface area contributed by atoms with Crippen LogP contribution >= 0.6 is 48.0 Å². The lowest BCUT2D eigenvalue weighted by atomic mass is 10.2. The average Bonchev–Trinajstić information content (AvgIpc) is 3.22. The van der Waals surface area contributed by atoms with Gasteiger partial charge in [-0.1, -0.05) is 29.3 Å². The third-order valence-electron chi connectivity index (χ3n) is 6.89. The lowest BCUT2D eigenvalue weighted by Gasteiger charge is -2.37. The number of fused-ring (bicyclic) bond motifs is 1. The van der Waals surface area contributed by atoms with Crippen molar-refractivity contribution in [2.75, 3.05) is 57.4 Å². The number of nitrogens with one attached hydrogen (secondary N) is 1. The number of aryl methyl sites for hydroxylation is 1. The van der Waals surface area contributed by atoms with Crippen molar-refractivity contribution in [3.63, 3.8) is 0 Å². The Morgan fingerprint density at radius 3 is 2.48 bits per heavy atom. The molecule has 1 unspecified atom stereocenters. The van der Waals surface area contributed by atoms with Crippen LogP contribution in [0.25, 0.3) is 5.69 Å². The van der Waals surface area contributed by atoms with Crippen molar-refractivity contribution in [2.24, 2.45) is 0 Å². The summed E-state index contributed by atoms with van der Waals surface area (Å²) < 4.78 is 13.2. The van der Waals surface area contributed by atoms with Crippen LogP contribution in [0.15, 0.2) is 36.4 Å². The summed E-state index contributed by atoms with van der Waals surface area (Å²) in [6.07, 6.45) is -0.707. The van der Waals surface area contributed by atoms with Gasteiger partial charge in [0.15, 0.2) is 11.5 Å². The number of imidazole rings is 1. The molecule has 1 aromatic heterocycles. The SMILES string of the molecule is Cc1nc(C(=O)NCC(O)CN2CCN(c3cccc(Cl)c3Cl)CC2)c(C)n1-c1ccc2c(c1)OCCO2.Cl.Cl. The first kappa shape index (κ1) is 32.1. The van der Waals surface area contributed by atoms with Crippen LogP contribution in [0, 0.1) is 13.8 Å². The van der Waals surface area contributed by atoms with E-state index in [1.54, 1.807) is 6.07 Å². The fraction of sp³-hybridized carbons (Fsp3) is 0.407. The van der Waals surface area contributed by atoms with Gasteiger partial charge in [0.1, 0.15) is 24.7 Å². The molecule has 3 aromatic rings. The number of rotatable bonds is 7. The highest BCUT2D eigenvalue weighted by Crippen LogP contribution is 2.34. The Bertz CT molecular complexity index is 1330. The number of anilines is 1. The molecule has 218 valence electrons. The molecule has 2 aliphatic rings. The second-order valence-electron chi connectivity index (χ2n) is 9.48. The number of amides is 1. The molecule has 0 bridgehead atoms. The molecule has 5 rings (SSSR count). The van der Waals surface area contributed by atoms with E-state index in [2.05, 4.69) is 20.1 Å². The van der Waals surface area contributed by atoms with Crippen LogP contribution in [-0.2, 0) is 0 Å². The van der Waals surface area contributed by atoms with E-state index in [1.165, 1.54) is 0 Å². The Balaban J connectivity index is 0.00000220. The number of piperazine rings is 1. The van der Waals surface area contributed by atoms with Gasteiger partial charge in [0, 0.05) is 45.3 Å². The van der Waals surface area contributed by atoms with Gasteiger partial charge in [-0.25, -0.2) is 4.98 Å². The van der Waals surface area contributed by atoms with E-state index in [0.717, 1.165) is 37.6 Å². The molecule has 2 N–H and O–H groups in total. The largest absolute Gasteiger partial charge is 0.486 e. The summed E-state index contributed by atoms with van der Waals surface area (Å²) in [4.78, 5) is 21.8. The molecule has 2 aromatic carbocycles. The van der Waals surface area contributed by atoms with Gasteiger partial charge >= 0.3 is 0 Å². The zero-order valence-corrected chi connectivity index (χ0v) is 25.4. The van der Waals surface area contributed by atoms with Crippen LogP contribution in [0.2, 0.25) is 10.0 Å². The minimum atomic E-state index is -0.707. The first-order valence-electron chi connectivity index (χ1n) is 12.7. The van der Waals surface area contributed by atoms with E-state index < -0.39 is 6.10 Å². The molecule has 0 radical (unpaired) electrons. The number of carbonyl (C=O) groups excluding carboxylic acids is 1. The maximum Gasteiger partial charge on any atom is 0.271 e. The third kappa shape index (κ3) is 6.90. The summed E-state index contributed by atoms with van der Waals surface area (Å²) in [5.74, 6) is 1.74. The Morgan fingerprint density at radius 2 is 1.75 bits per heavy atom. The minimum absolute atomic E-state index is 0. The number of ether oxygens (including phenoxy) is 2. The predicted molar refractivity (Wildman–Crippen MR) is 162 cm³/mol. The summed E-state index contributed by atoms with van der Waals surface area (Å²) in [6.45, 7) is 8.41. The van der Waals surface area contributed by atoms with Gasteiger partial charge in [0.05, 0.1) is 33.2 Å². The molecule has 1 atom stereocenters. The van der Waals surface area contributed by atoms with Crippen molar-refractivity contribution in [2.45, 2.75) is 20.0 Å². The maximum atomic E-state index is 13.0. The first-order chi connectivity index (χ1) is 18.3. The molecule has 0 saturated carbocycles. The van der Waals surface area contributed by atoms with Crippen molar-refractivity contribution in [1.29, 1.82) is 0 Å². The van der Waals surface area contributed by atoms with Crippen LogP contribution < -0.4 is 19.7 Å². The van der Waals surface area contributed by atoms with Crippen LogP contribution in [-0.4, -0.2) is 84.1 Å². The summed E-state index contributed by atoms with van der Waals surface area (Å²) in [6, 6.07) is 11.3. The maximum absolute atomic E-state index is 13.0. The number of aliphatic hydroxyl groups excluding tert-OH is 1. The lowest BCUT2D eigenvalue weighted by Crippen LogP contribution is -2.50. The summed E-state index contributed by atoms with van der Waals surface area (Å²) in [7, 11) is 0. The highest BCUT2D eigenvalue weighted by Gasteiger charge is 2.24. The molecule has 1 fully saturated rings. The normalized spacial score (nSPS) is 15.6. The number of nitrogens with zero attached hydrogens (tertiary/aromatic N) is 4. The lowest BCUT2D eigenvalue weighted by molar-refractivity contribution is 0.0847. The predicted octanol–water partition coefficient (Wildman–Crippen LogP) is 4.32. The molecule has 9 nitrogen and oxygen atoms in total. The van der Waals surface area contributed by atoms with Gasteiger partial charge in [-0.05, 0) is 38.1 Å². The molecule has 3 heterocycles. The number of halogens is 4. The second kappa shape index (κ2) is 14.0. The molecule has 0 spiro atoms. The number of aromatic nitrogens is 2. The standard InChI is InChI=1S/C27H31Cl2N5O4.2ClH/c1-17-26(31-18(2)34(17)19-6-7-23-24(14-19)38-13-12-37-23)27(36)30-15-20(35)16-32-8-10-33(11-9-32)22-5-3-4-21(28)25(22)29;;/h3-7,14,20,35H,8-13,15-16H2,1-2H3,(H,30,36);2*1H. The summed E-state index contributed by atoms with van der Waals surface area (Å²) in [5.41, 5.74) is 2.81.